The second kappa shape index (κ2) is 7.37. The van der Waals surface area contributed by atoms with Crippen molar-refractivity contribution in [3.05, 3.63) is 53.4 Å². The summed E-state index contributed by atoms with van der Waals surface area (Å²) in [5, 5.41) is 5.60. The lowest BCUT2D eigenvalue weighted by Gasteiger charge is -2.42. The van der Waals surface area contributed by atoms with Gasteiger partial charge in [0.05, 0.1) is 29.8 Å². The number of carbonyl (C=O) groups is 1. The highest BCUT2D eigenvalue weighted by Crippen LogP contribution is 2.25. The van der Waals surface area contributed by atoms with E-state index in [1.165, 1.54) is 12.3 Å². The van der Waals surface area contributed by atoms with Crippen LogP contribution in [0.4, 0.5) is 20.2 Å². The molecule has 1 aliphatic rings. The molecule has 1 aliphatic heterocycles. The molecule has 0 unspecified atom stereocenters. The number of aromatic nitrogens is 1. The number of anilines is 2. The molecular weight excluding hydrogens is 338 g/mol. The second-order valence-corrected chi connectivity index (χ2v) is 6.87. The number of halogens is 2. The van der Waals surface area contributed by atoms with Gasteiger partial charge in [0.2, 0.25) is 0 Å². The maximum Gasteiger partial charge on any atom is 0.256 e. The molecule has 1 aromatic carbocycles. The fraction of sp³-hybridized carbons (Fsp3) is 0.368. The quantitative estimate of drug-likeness (QED) is 0.860. The number of hydrogen-bond donors (Lipinski definition) is 2. The first-order valence-corrected chi connectivity index (χ1v) is 8.56. The van der Waals surface area contributed by atoms with Crippen LogP contribution in [0.1, 0.15) is 29.8 Å². The molecule has 0 radical (unpaired) electrons. The molecule has 138 valence electrons. The minimum absolute atomic E-state index is 0.0265. The Morgan fingerprint density at radius 1 is 1.19 bits per heavy atom. The first kappa shape index (κ1) is 18.3. The molecule has 1 amide bonds. The first-order valence-electron chi connectivity index (χ1n) is 8.56. The molecule has 0 saturated carbocycles. The Kier molecular flexibility index (Phi) is 5.18. The van der Waals surface area contributed by atoms with Crippen LogP contribution in [0.5, 0.6) is 0 Å². The highest BCUT2D eigenvalue weighted by molar-refractivity contribution is 6.00. The van der Waals surface area contributed by atoms with Gasteiger partial charge in [-0.1, -0.05) is 6.07 Å². The van der Waals surface area contributed by atoms with Gasteiger partial charge in [-0.05, 0) is 38.5 Å². The SMILES string of the molecule is Cc1ccc(Nc2cncc(F)c2C(=O)NC2CN(C(C)C)C2)c(F)c1. The molecule has 0 aliphatic carbocycles. The van der Waals surface area contributed by atoms with Crippen LogP contribution in [-0.2, 0) is 0 Å². The van der Waals surface area contributed by atoms with Gasteiger partial charge in [-0.25, -0.2) is 8.78 Å². The lowest BCUT2D eigenvalue weighted by molar-refractivity contribution is 0.0711. The molecule has 2 aromatic rings. The number of nitrogens with zero attached hydrogens (tertiary/aromatic N) is 2. The lowest BCUT2D eigenvalue weighted by atomic mass is 10.1. The summed E-state index contributed by atoms with van der Waals surface area (Å²) < 4.78 is 28.4. The van der Waals surface area contributed by atoms with Crippen molar-refractivity contribution < 1.29 is 13.6 Å². The van der Waals surface area contributed by atoms with E-state index in [9.17, 15) is 13.6 Å². The number of hydrogen-bond acceptors (Lipinski definition) is 4. The van der Waals surface area contributed by atoms with Crippen molar-refractivity contribution in [2.45, 2.75) is 32.9 Å². The average Bonchev–Trinajstić information content (AvgIpc) is 2.52. The fourth-order valence-electron chi connectivity index (χ4n) is 2.91. The van der Waals surface area contributed by atoms with Crippen molar-refractivity contribution >= 4 is 17.3 Å². The molecule has 7 heteroatoms. The third-order valence-corrected chi connectivity index (χ3v) is 4.50. The van der Waals surface area contributed by atoms with Gasteiger partial charge in [0, 0.05) is 19.1 Å². The molecule has 0 spiro atoms. The van der Waals surface area contributed by atoms with E-state index in [-0.39, 0.29) is 23.0 Å². The van der Waals surface area contributed by atoms with Crippen LogP contribution in [0, 0.1) is 18.6 Å². The van der Waals surface area contributed by atoms with Gasteiger partial charge in [0.25, 0.3) is 5.91 Å². The normalized spacial score (nSPS) is 15.0. The van der Waals surface area contributed by atoms with Crippen LogP contribution in [0.25, 0.3) is 0 Å². The van der Waals surface area contributed by atoms with Gasteiger partial charge in [-0.3, -0.25) is 14.7 Å². The minimum atomic E-state index is -0.750. The van der Waals surface area contributed by atoms with E-state index in [4.69, 9.17) is 0 Å². The van der Waals surface area contributed by atoms with Crippen LogP contribution < -0.4 is 10.6 Å². The minimum Gasteiger partial charge on any atom is -0.351 e. The van der Waals surface area contributed by atoms with E-state index in [0.717, 1.165) is 24.8 Å². The van der Waals surface area contributed by atoms with Gasteiger partial charge in [-0.15, -0.1) is 0 Å². The summed E-state index contributed by atoms with van der Waals surface area (Å²) in [5.74, 6) is -1.76. The van der Waals surface area contributed by atoms with Crippen LogP contribution in [-0.4, -0.2) is 41.0 Å². The van der Waals surface area contributed by atoms with Crippen molar-refractivity contribution in [1.29, 1.82) is 0 Å². The third kappa shape index (κ3) is 3.83. The summed E-state index contributed by atoms with van der Waals surface area (Å²) in [7, 11) is 0. The molecule has 0 bridgehead atoms. The first-order chi connectivity index (χ1) is 12.3. The maximum absolute atomic E-state index is 14.3. The third-order valence-electron chi connectivity index (χ3n) is 4.50. The zero-order valence-electron chi connectivity index (χ0n) is 15.0. The molecule has 2 N–H and O–H groups in total. The molecule has 1 fully saturated rings. The standard InChI is InChI=1S/C19H22F2N4O/c1-11(2)25-9-13(10-25)23-19(26)18-15(21)7-22-8-17(18)24-16-5-4-12(3)6-14(16)20/h4-8,11,13,24H,9-10H2,1-3H3,(H,23,26). The number of rotatable bonds is 5. The number of likely N-dealkylation sites (tertiary alicyclic amines) is 1. The Bertz CT molecular complexity index is 819. The fourth-order valence-corrected chi connectivity index (χ4v) is 2.91. The molecule has 3 rings (SSSR count). The number of amides is 1. The molecule has 26 heavy (non-hydrogen) atoms. The average molecular weight is 360 g/mol. The highest BCUT2D eigenvalue weighted by Gasteiger charge is 2.31. The van der Waals surface area contributed by atoms with E-state index in [1.54, 1.807) is 19.1 Å². The van der Waals surface area contributed by atoms with Crippen molar-refractivity contribution in [3.63, 3.8) is 0 Å². The smallest absolute Gasteiger partial charge is 0.256 e. The Balaban J connectivity index is 1.78. The Hall–Kier alpha value is -2.54. The molecule has 2 heterocycles. The summed E-state index contributed by atoms with van der Waals surface area (Å²) in [6, 6.07) is 5.02. The van der Waals surface area contributed by atoms with E-state index in [1.807, 2.05) is 0 Å². The summed E-state index contributed by atoms with van der Waals surface area (Å²) in [6.07, 6.45) is 2.30. The topological polar surface area (TPSA) is 57.3 Å². The van der Waals surface area contributed by atoms with Crippen LogP contribution in [0.3, 0.4) is 0 Å². The number of nitrogens with one attached hydrogen (secondary N) is 2. The monoisotopic (exact) mass is 360 g/mol. The van der Waals surface area contributed by atoms with Crippen molar-refractivity contribution in [1.82, 2.24) is 15.2 Å². The number of aryl methyl sites for hydroxylation is 1. The molecule has 5 nitrogen and oxygen atoms in total. The number of pyridine rings is 1. The zero-order valence-corrected chi connectivity index (χ0v) is 15.0. The Morgan fingerprint density at radius 2 is 1.92 bits per heavy atom. The van der Waals surface area contributed by atoms with Gasteiger partial charge in [-0.2, -0.15) is 0 Å². The van der Waals surface area contributed by atoms with E-state index < -0.39 is 17.5 Å². The van der Waals surface area contributed by atoms with E-state index in [2.05, 4.69) is 34.4 Å². The number of carbonyl (C=O) groups excluding carboxylic acids is 1. The van der Waals surface area contributed by atoms with Crippen LogP contribution in [0.15, 0.2) is 30.6 Å². The molecular formula is C19H22F2N4O. The van der Waals surface area contributed by atoms with Gasteiger partial charge in [0.1, 0.15) is 11.4 Å². The van der Waals surface area contributed by atoms with Crippen molar-refractivity contribution in [2.75, 3.05) is 18.4 Å². The largest absolute Gasteiger partial charge is 0.351 e. The highest BCUT2D eigenvalue weighted by atomic mass is 19.1. The summed E-state index contributed by atoms with van der Waals surface area (Å²) in [4.78, 5) is 18.5. The predicted molar refractivity (Wildman–Crippen MR) is 96.6 cm³/mol. The van der Waals surface area contributed by atoms with Gasteiger partial charge >= 0.3 is 0 Å². The van der Waals surface area contributed by atoms with Crippen molar-refractivity contribution in [2.24, 2.45) is 0 Å². The predicted octanol–water partition coefficient (Wildman–Crippen LogP) is 3.23. The van der Waals surface area contributed by atoms with Gasteiger partial charge in [0.15, 0.2) is 5.82 Å². The van der Waals surface area contributed by atoms with Crippen molar-refractivity contribution in [3.8, 4) is 0 Å². The Morgan fingerprint density at radius 3 is 2.58 bits per heavy atom. The molecule has 1 saturated heterocycles. The van der Waals surface area contributed by atoms with Gasteiger partial charge < -0.3 is 10.6 Å². The van der Waals surface area contributed by atoms with Crippen LogP contribution >= 0.6 is 0 Å². The van der Waals surface area contributed by atoms with E-state index >= 15 is 0 Å². The summed E-state index contributed by atoms with van der Waals surface area (Å²) in [6.45, 7) is 7.39. The second-order valence-electron chi connectivity index (χ2n) is 6.87. The maximum atomic E-state index is 14.3. The Labute approximate surface area is 151 Å². The van der Waals surface area contributed by atoms with Crippen LogP contribution in [0.2, 0.25) is 0 Å². The van der Waals surface area contributed by atoms with E-state index in [0.29, 0.717) is 6.04 Å². The zero-order chi connectivity index (χ0) is 18.8. The summed E-state index contributed by atoms with van der Waals surface area (Å²) in [5.41, 5.74) is 0.892. The molecule has 0 atom stereocenters. The number of benzene rings is 1. The lowest BCUT2D eigenvalue weighted by Crippen LogP contribution is -2.61. The summed E-state index contributed by atoms with van der Waals surface area (Å²) >= 11 is 0. The molecule has 1 aromatic heterocycles.